The number of aryl methyl sites for hydroxylation is 2. The molecule has 1 aromatic heterocycles. The molecule has 0 atom stereocenters. The number of thioether (sulfide) groups is 2. The molecule has 0 aliphatic rings. The number of hydrogen-bond acceptors (Lipinski definition) is 7. The van der Waals surface area contributed by atoms with Crippen LogP contribution in [0.1, 0.15) is 22.3 Å². The van der Waals surface area contributed by atoms with Gasteiger partial charge in [0.15, 0.2) is 0 Å². The number of hydrogen-bond donors (Lipinski definition) is 1. The fourth-order valence-corrected chi connectivity index (χ4v) is 4.16. The Morgan fingerprint density at radius 3 is 1.84 bits per heavy atom. The number of nitrogens with zero attached hydrogens (tertiary/aromatic N) is 2. The highest BCUT2D eigenvalue weighted by Gasteiger charge is 2.06. The molecule has 0 radical (unpaired) electrons. The summed E-state index contributed by atoms with van der Waals surface area (Å²) >= 11 is 3.52. The largest absolute Gasteiger partial charge is 0.464 e. The molecule has 0 bridgehead atoms. The summed E-state index contributed by atoms with van der Waals surface area (Å²) < 4.78 is 11.1. The van der Waals surface area contributed by atoms with Gasteiger partial charge in [-0.2, -0.15) is 23.5 Å². The molecule has 0 aliphatic carbocycles. The predicted molar refractivity (Wildman–Crippen MR) is 128 cm³/mol. The number of H-pyrrole nitrogens is 1. The lowest BCUT2D eigenvalue weighted by Crippen LogP contribution is -2.17. The van der Waals surface area contributed by atoms with E-state index in [2.05, 4.69) is 77.3 Å². The lowest BCUT2D eigenvalue weighted by molar-refractivity contribution is 0.280. The summed E-state index contributed by atoms with van der Waals surface area (Å²) in [7, 11) is 0. The van der Waals surface area contributed by atoms with Gasteiger partial charge in [0, 0.05) is 23.0 Å². The Morgan fingerprint density at radius 1 is 0.774 bits per heavy atom. The lowest BCUT2D eigenvalue weighted by Gasteiger charge is -2.07. The van der Waals surface area contributed by atoms with Crippen molar-refractivity contribution >= 4 is 23.5 Å². The molecule has 3 rings (SSSR count). The number of ether oxygens (including phenoxy) is 2. The molecule has 164 valence electrons. The second-order valence-electron chi connectivity index (χ2n) is 7.01. The molecule has 8 heteroatoms. The Labute approximate surface area is 191 Å². The highest BCUT2D eigenvalue weighted by Crippen LogP contribution is 2.14. The van der Waals surface area contributed by atoms with Crippen molar-refractivity contribution in [3.63, 3.8) is 0 Å². The average Bonchev–Trinajstić information content (AvgIpc) is 2.75. The van der Waals surface area contributed by atoms with E-state index in [1.807, 2.05) is 0 Å². The molecule has 1 N–H and O–H groups in total. The molecule has 0 saturated heterocycles. The Balaban J connectivity index is 1.34. The zero-order valence-electron chi connectivity index (χ0n) is 17.8. The molecule has 31 heavy (non-hydrogen) atoms. The molecule has 1 heterocycles. The van der Waals surface area contributed by atoms with Crippen LogP contribution in [0.25, 0.3) is 0 Å². The summed E-state index contributed by atoms with van der Waals surface area (Å²) in [4.78, 5) is 22.1. The third-order valence-electron chi connectivity index (χ3n) is 4.31. The van der Waals surface area contributed by atoms with Crippen LogP contribution in [0.5, 0.6) is 12.0 Å². The van der Waals surface area contributed by atoms with E-state index in [9.17, 15) is 4.79 Å². The van der Waals surface area contributed by atoms with Gasteiger partial charge in [0.05, 0.1) is 0 Å². The Hall–Kier alpha value is -2.45. The molecule has 3 aromatic rings. The van der Waals surface area contributed by atoms with Crippen molar-refractivity contribution in [2.45, 2.75) is 25.4 Å². The Bertz CT molecular complexity index is 915. The van der Waals surface area contributed by atoms with Crippen LogP contribution in [0, 0.1) is 13.8 Å². The van der Waals surface area contributed by atoms with Gasteiger partial charge in [-0.3, -0.25) is 4.98 Å². The van der Waals surface area contributed by atoms with Crippen molar-refractivity contribution in [3.8, 4) is 12.0 Å². The molecule has 0 saturated carbocycles. The zero-order chi connectivity index (χ0) is 21.9. The van der Waals surface area contributed by atoms with Crippen LogP contribution < -0.4 is 15.2 Å². The summed E-state index contributed by atoms with van der Waals surface area (Å²) in [6.45, 7) is 5.02. The number of benzene rings is 2. The van der Waals surface area contributed by atoms with Crippen molar-refractivity contribution < 1.29 is 9.47 Å². The van der Waals surface area contributed by atoms with Crippen LogP contribution in [0.2, 0.25) is 0 Å². The molecule has 2 aromatic carbocycles. The van der Waals surface area contributed by atoms with Gasteiger partial charge < -0.3 is 9.47 Å². The number of nitrogens with one attached hydrogen (secondary N) is 1. The second kappa shape index (κ2) is 12.4. The monoisotopic (exact) mass is 457 g/mol. The van der Waals surface area contributed by atoms with Gasteiger partial charge in [-0.25, -0.2) is 4.79 Å². The molecule has 0 unspecified atom stereocenters. The molecule has 0 aliphatic heterocycles. The Kier molecular flexibility index (Phi) is 9.30. The number of rotatable bonds is 12. The standard InChI is InChI=1S/C23H27N3O3S2/c1-17-3-7-19(8-4-17)15-30-13-11-28-22-24-21(27)25-23(26-22)29-12-14-31-16-20-9-5-18(2)6-10-20/h3-10H,11-16H2,1-2H3,(H,24,25,26,27). The van der Waals surface area contributed by atoms with E-state index in [-0.39, 0.29) is 12.0 Å². The minimum Gasteiger partial charge on any atom is -0.464 e. The molecule has 0 spiro atoms. The summed E-state index contributed by atoms with van der Waals surface area (Å²) in [6, 6.07) is 17.2. The van der Waals surface area contributed by atoms with Crippen molar-refractivity contribution in [2.75, 3.05) is 24.7 Å². The molecule has 6 nitrogen and oxygen atoms in total. The van der Waals surface area contributed by atoms with E-state index >= 15 is 0 Å². The average molecular weight is 458 g/mol. The predicted octanol–water partition coefficient (Wildman–Crippen LogP) is 4.41. The molecule has 0 amide bonds. The normalized spacial score (nSPS) is 10.8. The van der Waals surface area contributed by atoms with Crippen LogP contribution in [-0.4, -0.2) is 39.7 Å². The first-order chi connectivity index (χ1) is 15.1. The van der Waals surface area contributed by atoms with Gasteiger partial charge in [-0.1, -0.05) is 59.7 Å². The Morgan fingerprint density at radius 2 is 1.29 bits per heavy atom. The first kappa shape index (κ1) is 23.2. The van der Waals surface area contributed by atoms with Crippen LogP contribution in [0.15, 0.2) is 53.3 Å². The summed E-state index contributed by atoms with van der Waals surface area (Å²) in [5.74, 6) is 3.38. The highest BCUT2D eigenvalue weighted by atomic mass is 32.2. The quantitative estimate of drug-likeness (QED) is 0.404. The van der Waals surface area contributed by atoms with Crippen LogP contribution in [0.4, 0.5) is 0 Å². The first-order valence-electron chi connectivity index (χ1n) is 10.1. The molecular weight excluding hydrogens is 430 g/mol. The zero-order valence-corrected chi connectivity index (χ0v) is 19.4. The van der Waals surface area contributed by atoms with E-state index in [1.54, 1.807) is 23.5 Å². The highest BCUT2D eigenvalue weighted by molar-refractivity contribution is 7.98. The van der Waals surface area contributed by atoms with Crippen LogP contribution in [0.3, 0.4) is 0 Å². The lowest BCUT2D eigenvalue weighted by atomic mass is 10.2. The fraction of sp³-hybridized carbons (Fsp3) is 0.348. The van der Waals surface area contributed by atoms with Crippen LogP contribution in [-0.2, 0) is 11.5 Å². The van der Waals surface area contributed by atoms with Gasteiger partial charge in [0.25, 0.3) is 0 Å². The van der Waals surface area contributed by atoms with Gasteiger partial charge in [0.2, 0.25) is 0 Å². The number of aromatic nitrogens is 3. The van der Waals surface area contributed by atoms with Gasteiger partial charge >= 0.3 is 17.7 Å². The van der Waals surface area contributed by atoms with E-state index in [0.29, 0.717) is 13.2 Å². The maximum absolute atomic E-state index is 11.7. The minimum absolute atomic E-state index is 0.0435. The third kappa shape index (κ3) is 8.67. The van der Waals surface area contributed by atoms with E-state index in [0.717, 1.165) is 23.0 Å². The third-order valence-corrected chi connectivity index (χ3v) is 6.30. The smallest absolute Gasteiger partial charge is 0.353 e. The summed E-state index contributed by atoms with van der Waals surface area (Å²) in [6.07, 6.45) is 0. The molecular formula is C23H27N3O3S2. The fourth-order valence-electron chi connectivity index (χ4n) is 2.62. The number of aromatic amines is 1. The van der Waals surface area contributed by atoms with E-state index in [4.69, 9.17) is 9.47 Å². The van der Waals surface area contributed by atoms with Crippen LogP contribution >= 0.6 is 23.5 Å². The second-order valence-corrected chi connectivity index (χ2v) is 9.23. The maximum Gasteiger partial charge on any atom is 0.353 e. The van der Waals surface area contributed by atoms with Crippen molar-refractivity contribution in [3.05, 3.63) is 81.3 Å². The van der Waals surface area contributed by atoms with Gasteiger partial charge in [-0.05, 0) is 25.0 Å². The van der Waals surface area contributed by atoms with Gasteiger partial charge in [0.1, 0.15) is 13.2 Å². The summed E-state index contributed by atoms with van der Waals surface area (Å²) in [5, 5.41) is 0. The maximum atomic E-state index is 11.7. The van der Waals surface area contributed by atoms with E-state index < -0.39 is 5.69 Å². The van der Waals surface area contributed by atoms with Crippen molar-refractivity contribution in [1.82, 2.24) is 15.0 Å². The van der Waals surface area contributed by atoms with Crippen molar-refractivity contribution in [1.29, 1.82) is 0 Å². The first-order valence-corrected chi connectivity index (χ1v) is 12.4. The SMILES string of the molecule is Cc1ccc(CSCCOc2nc(OCCSCc3ccc(C)cc3)[nH]c(=O)n2)cc1. The molecule has 0 fully saturated rings. The van der Waals surface area contributed by atoms with Gasteiger partial charge in [-0.15, -0.1) is 9.97 Å². The minimum atomic E-state index is -0.528. The summed E-state index contributed by atoms with van der Waals surface area (Å²) in [5.41, 5.74) is 4.54. The van der Waals surface area contributed by atoms with Crippen molar-refractivity contribution in [2.24, 2.45) is 0 Å². The van der Waals surface area contributed by atoms with E-state index in [1.165, 1.54) is 22.3 Å². The topological polar surface area (TPSA) is 77.1 Å².